The number of nitrogens with zero attached hydrogens (tertiary/aromatic N) is 1. The van der Waals surface area contributed by atoms with Crippen LogP contribution in [0.1, 0.15) is 29.7 Å². The van der Waals surface area contributed by atoms with E-state index in [-0.39, 0.29) is 6.04 Å². The van der Waals surface area contributed by atoms with Crippen molar-refractivity contribution in [3.8, 4) is 11.1 Å². The number of benzene rings is 2. The van der Waals surface area contributed by atoms with Crippen LogP contribution in [0.3, 0.4) is 0 Å². The lowest BCUT2D eigenvalue weighted by Crippen LogP contribution is -2.28. The lowest BCUT2D eigenvalue weighted by Gasteiger charge is -2.20. The van der Waals surface area contributed by atoms with E-state index in [1.807, 2.05) is 0 Å². The molecule has 0 saturated heterocycles. The Labute approximate surface area is 121 Å². The molecular formula is C18H22N2. The zero-order valence-corrected chi connectivity index (χ0v) is 12.3. The van der Waals surface area contributed by atoms with E-state index < -0.39 is 0 Å². The molecule has 0 aliphatic heterocycles. The van der Waals surface area contributed by atoms with Crippen molar-refractivity contribution in [2.45, 2.75) is 19.4 Å². The molecule has 3 rings (SSSR count). The van der Waals surface area contributed by atoms with Crippen molar-refractivity contribution in [2.24, 2.45) is 5.73 Å². The second kappa shape index (κ2) is 5.39. The Morgan fingerprint density at radius 3 is 2.65 bits per heavy atom. The monoisotopic (exact) mass is 266 g/mol. The van der Waals surface area contributed by atoms with Gasteiger partial charge in [0.2, 0.25) is 0 Å². The maximum absolute atomic E-state index is 6.33. The average molecular weight is 266 g/mol. The van der Waals surface area contributed by atoms with E-state index >= 15 is 0 Å². The van der Waals surface area contributed by atoms with Crippen molar-refractivity contribution < 1.29 is 0 Å². The largest absolute Gasteiger partial charge is 0.323 e. The fraction of sp³-hybridized carbons (Fsp3) is 0.333. The smallest absolute Gasteiger partial charge is 0.0424 e. The van der Waals surface area contributed by atoms with Crippen molar-refractivity contribution in [3.63, 3.8) is 0 Å². The second-order valence-corrected chi connectivity index (χ2v) is 5.71. The first-order chi connectivity index (χ1) is 9.69. The number of nitrogens with two attached hydrogens (primary N) is 1. The SMILES string of the molecule is CCN(C)CC(N)c1ccc2c(c1)Cc1ccccc1-2. The summed E-state index contributed by atoms with van der Waals surface area (Å²) in [4.78, 5) is 2.26. The van der Waals surface area contributed by atoms with Crippen molar-refractivity contribution in [1.29, 1.82) is 0 Å². The number of rotatable bonds is 4. The van der Waals surface area contributed by atoms with Crippen LogP contribution in [0.2, 0.25) is 0 Å². The molecule has 2 aromatic carbocycles. The van der Waals surface area contributed by atoms with Crippen LogP contribution in [0.5, 0.6) is 0 Å². The van der Waals surface area contributed by atoms with Crippen LogP contribution in [0.4, 0.5) is 0 Å². The van der Waals surface area contributed by atoms with Crippen molar-refractivity contribution in [2.75, 3.05) is 20.1 Å². The van der Waals surface area contributed by atoms with E-state index in [0.29, 0.717) is 0 Å². The standard InChI is InChI=1S/C18H22N2/c1-3-20(2)12-18(19)14-8-9-17-15(11-14)10-13-6-4-5-7-16(13)17/h4-9,11,18H,3,10,12,19H2,1-2H3. The predicted octanol–water partition coefficient (Wildman–Crippen LogP) is 3.21. The summed E-state index contributed by atoms with van der Waals surface area (Å²) in [5, 5.41) is 0. The maximum Gasteiger partial charge on any atom is 0.0424 e. The molecule has 2 N–H and O–H groups in total. The molecule has 0 radical (unpaired) electrons. The first-order valence-electron chi connectivity index (χ1n) is 7.34. The highest BCUT2D eigenvalue weighted by atomic mass is 15.1. The zero-order chi connectivity index (χ0) is 14.1. The van der Waals surface area contributed by atoms with E-state index in [1.165, 1.54) is 27.8 Å². The molecular weight excluding hydrogens is 244 g/mol. The van der Waals surface area contributed by atoms with E-state index in [1.54, 1.807) is 0 Å². The third kappa shape index (κ3) is 2.37. The maximum atomic E-state index is 6.33. The molecule has 0 heterocycles. The van der Waals surface area contributed by atoms with Gasteiger partial charge in [0, 0.05) is 12.6 Å². The van der Waals surface area contributed by atoms with Gasteiger partial charge in [-0.25, -0.2) is 0 Å². The first-order valence-corrected chi connectivity index (χ1v) is 7.34. The van der Waals surface area contributed by atoms with Crippen LogP contribution in [0, 0.1) is 0 Å². The highest BCUT2D eigenvalue weighted by Gasteiger charge is 2.19. The first kappa shape index (κ1) is 13.3. The Balaban J connectivity index is 1.87. The fourth-order valence-corrected chi connectivity index (χ4v) is 2.97. The molecule has 0 bridgehead atoms. The van der Waals surface area contributed by atoms with Crippen LogP contribution in [0.25, 0.3) is 11.1 Å². The summed E-state index contributed by atoms with van der Waals surface area (Å²) in [5.74, 6) is 0. The molecule has 0 spiro atoms. The summed E-state index contributed by atoms with van der Waals surface area (Å²) < 4.78 is 0. The average Bonchev–Trinajstić information content (AvgIpc) is 2.84. The number of fused-ring (bicyclic) bond motifs is 3. The third-order valence-corrected chi connectivity index (χ3v) is 4.29. The molecule has 1 aliphatic rings. The van der Waals surface area contributed by atoms with Gasteiger partial charge in [0.15, 0.2) is 0 Å². The van der Waals surface area contributed by atoms with Gasteiger partial charge in [-0.15, -0.1) is 0 Å². The van der Waals surface area contributed by atoms with Gasteiger partial charge in [-0.2, -0.15) is 0 Å². The lowest BCUT2D eigenvalue weighted by atomic mass is 9.99. The van der Waals surface area contributed by atoms with Gasteiger partial charge in [-0.3, -0.25) is 0 Å². The van der Waals surface area contributed by atoms with Gasteiger partial charge in [-0.1, -0.05) is 49.4 Å². The Bertz CT molecular complexity index is 619. The molecule has 1 atom stereocenters. The zero-order valence-electron chi connectivity index (χ0n) is 12.3. The minimum atomic E-state index is 0.0916. The molecule has 0 aromatic heterocycles. The molecule has 2 nitrogen and oxygen atoms in total. The van der Waals surface area contributed by atoms with Gasteiger partial charge >= 0.3 is 0 Å². The van der Waals surface area contributed by atoms with E-state index in [9.17, 15) is 0 Å². The Morgan fingerprint density at radius 2 is 1.85 bits per heavy atom. The Morgan fingerprint density at radius 1 is 1.10 bits per heavy atom. The van der Waals surface area contributed by atoms with Crippen LogP contribution in [-0.2, 0) is 6.42 Å². The minimum Gasteiger partial charge on any atom is -0.323 e. The van der Waals surface area contributed by atoms with E-state index in [2.05, 4.69) is 61.3 Å². The van der Waals surface area contributed by atoms with Gasteiger partial charge in [-0.05, 0) is 47.8 Å². The van der Waals surface area contributed by atoms with Gasteiger partial charge in [0.25, 0.3) is 0 Å². The summed E-state index contributed by atoms with van der Waals surface area (Å²) in [6.07, 6.45) is 1.04. The van der Waals surface area contributed by atoms with Gasteiger partial charge in [0.1, 0.15) is 0 Å². The lowest BCUT2D eigenvalue weighted by molar-refractivity contribution is 0.329. The molecule has 0 saturated carbocycles. The molecule has 2 aromatic rings. The van der Waals surface area contributed by atoms with Crippen LogP contribution in [-0.4, -0.2) is 25.0 Å². The summed E-state index contributed by atoms with van der Waals surface area (Å²) in [6, 6.07) is 15.5. The predicted molar refractivity (Wildman–Crippen MR) is 84.8 cm³/mol. The van der Waals surface area contributed by atoms with Crippen LogP contribution >= 0.6 is 0 Å². The Hall–Kier alpha value is -1.64. The number of hydrogen-bond donors (Lipinski definition) is 1. The summed E-state index contributed by atoms with van der Waals surface area (Å²) in [7, 11) is 2.11. The molecule has 104 valence electrons. The number of hydrogen-bond acceptors (Lipinski definition) is 2. The second-order valence-electron chi connectivity index (χ2n) is 5.71. The van der Waals surface area contributed by atoms with Gasteiger partial charge < -0.3 is 10.6 Å². The molecule has 0 amide bonds. The molecule has 20 heavy (non-hydrogen) atoms. The fourth-order valence-electron chi connectivity index (χ4n) is 2.97. The topological polar surface area (TPSA) is 29.3 Å². The Kier molecular flexibility index (Phi) is 3.60. The van der Waals surface area contributed by atoms with Crippen molar-refractivity contribution >= 4 is 0 Å². The summed E-state index contributed by atoms with van der Waals surface area (Å²) in [5.41, 5.74) is 13.2. The molecule has 1 unspecified atom stereocenters. The highest BCUT2D eigenvalue weighted by Crippen LogP contribution is 2.37. The summed E-state index contributed by atoms with van der Waals surface area (Å²) >= 11 is 0. The normalized spacial score (nSPS) is 14.2. The summed E-state index contributed by atoms with van der Waals surface area (Å²) in [6.45, 7) is 4.10. The number of likely N-dealkylation sites (N-methyl/N-ethyl adjacent to an activating group) is 1. The van der Waals surface area contributed by atoms with Gasteiger partial charge in [0.05, 0.1) is 0 Å². The molecule has 1 aliphatic carbocycles. The third-order valence-electron chi connectivity index (χ3n) is 4.29. The van der Waals surface area contributed by atoms with Crippen LogP contribution < -0.4 is 5.73 Å². The van der Waals surface area contributed by atoms with Crippen molar-refractivity contribution in [1.82, 2.24) is 4.90 Å². The molecule has 2 heteroatoms. The van der Waals surface area contributed by atoms with E-state index in [0.717, 1.165) is 19.5 Å². The quantitative estimate of drug-likeness (QED) is 0.785. The highest BCUT2D eigenvalue weighted by molar-refractivity contribution is 5.76. The molecule has 0 fully saturated rings. The minimum absolute atomic E-state index is 0.0916. The van der Waals surface area contributed by atoms with Crippen LogP contribution in [0.15, 0.2) is 42.5 Å². The van der Waals surface area contributed by atoms with Crippen molar-refractivity contribution in [3.05, 3.63) is 59.2 Å². The van der Waals surface area contributed by atoms with E-state index in [4.69, 9.17) is 5.73 Å².